The van der Waals surface area contributed by atoms with Crippen molar-refractivity contribution in [2.45, 2.75) is 39.5 Å². The highest BCUT2D eigenvalue weighted by atomic mass is 16.5. The molecule has 1 aromatic rings. The van der Waals surface area contributed by atoms with E-state index in [4.69, 9.17) is 9.47 Å². The first kappa shape index (κ1) is 16.2. The first-order valence-corrected chi connectivity index (χ1v) is 7.09. The maximum atomic E-state index is 11.9. The summed E-state index contributed by atoms with van der Waals surface area (Å²) in [5.41, 5.74) is 0.595. The number of hydrogen-bond donors (Lipinski definition) is 0. The van der Waals surface area contributed by atoms with Crippen molar-refractivity contribution < 1.29 is 19.1 Å². The van der Waals surface area contributed by atoms with Gasteiger partial charge >= 0.3 is 5.97 Å². The summed E-state index contributed by atoms with van der Waals surface area (Å²) in [6, 6.07) is 7.01. The quantitative estimate of drug-likeness (QED) is 0.513. The molecule has 0 aliphatic carbocycles. The van der Waals surface area contributed by atoms with Crippen LogP contribution in [0.4, 0.5) is 0 Å². The topological polar surface area (TPSA) is 52.6 Å². The van der Waals surface area contributed by atoms with Crippen LogP contribution in [0.25, 0.3) is 0 Å². The van der Waals surface area contributed by atoms with Crippen LogP contribution in [0.1, 0.15) is 49.9 Å². The van der Waals surface area contributed by atoms with Gasteiger partial charge in [0.05, 0.1) is 19.6 Å². The molecule has 0 aromatic heterocycles. The molecule has 110 valence electrons. The minimum atomic E-state index is -0.317. The molecule has 0 saturated heterocycles. The fourth-order valence-corrected chi connectivity index (χ4v) is 1.60. The molecule has 0 spiro atoms. The Kier molecular flexibility index (Phi) is 7.40. The van der Waals surface area contributed by atoms with Gasteiger partial charge in [0.2, 0.25) is 0 Å². The van der Waals surface area contributed by atoms with Crippen molar-refractivity contribution in [2.75, 3.05) is 13.2 Å². The number of Topliss-reactive ketones (excluding diaryl/α,β-unsaturated/α-hetero) is 1. The van der Waals surface area contributed by atoms with E-state index in [1.165, 1.54) is 0 Å². The van der Waals surface area contributed by atoms with Crippen LogP contribution in [0, 0.1) is 0 Å². The fourth-order valence-electron chi connectivity index (χ4n) is 1.60. The van der Waals surface area contributed by atoms with Gasteiger partial charge in [0, 0.05) is 12.0 Å². The summed E-state index contributed by atoms with van der Waals surface area (Å²) in [5, 5.41) is 0. The molecule has 20 heavy (non-hydrogen) atoms. The van der Waals surface area contributed by atoms with Gasteiger partial charge < -0.3 is 9.47 Å². The van der Waals surface area contributed by atoms with Gasteiger partial charge in [-0.3, -0.25) is 9.59 Å². The first-order chi connectivity index (χ1) is 9.67. The van der Waals surface area contributed by atoms with Gasteiger partial charge in [-0.15, -0.1) is 0 Å². The highest BCUT2D eigenvalue weighted by molar-refractivity contribution is 5.97. The second kappa shape index (κ2) is 9.13. The van der Waals surface area contributed by atoms with Crippen molar-refractivity contribution >= 4 is 11.8 Å². The summed E-state index contributed by atoms with van der Waals surface area (Å²) in [5.74, 6) is 0.384. The van der Waals surface area contributed by atoms with Crippen molar-refractivity contribution in [3.63, 3.8) is 0 Å². The number of rotatable bonds is 9. The molecule has 4 nitrogen and oxygen atoms in total. The highest BCUT2D eigenvalue weighted by Gasteiger charge is 2.10. The van der Waals surface area contributed by atoms with Crippen LogP contribution in [-0.2, 0) is 9.53 Å². The van der Waals surface area contributed by atoms with E-state index in [9.17, 15) is 9.59 Å². The molecule has 0 atom stereocenters. The number of ether oxygens (including phenoxy) is 2. The maximum Gasteiger partial charge on any atom is 0.306 e. The third-order valence-electron chi connectivity index (χ3n) is 2.67. The van der Waals surface area contributed by atoms with Crippen molar-refractivity contribution in [2.24, 2.45) is 0 Å². The third-order valence-corrected chi connectivity index (χ3v) is 2.67. The molecule has 0 aliphatic heterocycles. The Hall–Kier alpha value is -1.84. The average molecular weight is 278 g/mol. The molecule has 1 rings (SSSR count). The molecule has 1 aromatic carbocycles. The number of hydrogen-bond acceptors (Lipinski definition) is 4. The number of benzene rings is 1. The van der Waals surface area contributed by atoms with Gasteiger partial charge in [-0.25, -0.2) is 0 Å². The SMILES string of the molecule is CCCOC(=O)CCC(=O)c1ccc(OCCC)cc1. The summed E-state index contributed by atoms with van der Waals surface area (Å²) in [6.07, 6.45) is 2.05. The monoisotopic (exact) mass is 278 g/mol. The molecule has 0 radical (unpaired) electrons. The zero-order valence-electron chi connectivity index (χ0n) is 12.2. The van der Waals surface area contributed by atoms with Gasteiger partial charge in [0.25, 0.3) is 0 Å². The van der Waals surface area contributed by atoms with Crippen molar-refractivity contribution in [3.8, 4) is 5.75 Å². The molecule has 0 bridgehead atoms. The molecule has 4 heteroatoms. The van der Waals surface area contributed by atoms with E-state index in [0.717, 1.165) is 18.6 Å². The van der Waals surface area contributed by atoms with Crippen molar-refractivity contribution in [1.82, 2.24) is 0 Å². The van der Waals surface area contributed by atoms with E-state index in [1.54, 1.807) is 24.3 Å². The molecule has 0 aliphatic rings. The van der Waals surface area contributed by atoms with Gasteiger partial charge in [-0.2, -0.15) is 0 Å². The molecule has 0 saturated carbocycles. The van der Waals surface area contributed by atoms with Crippen LogP contribution in [-0.4, -0.2) is 25.0 Å². The lowest BCUT2D eigenvalue weighted by molar-refractivity contribution is -0.143. The Labute approximate surface area is 120 Å². The largest absolute Gasteiger partial charge is 0.494 e. The van der Waals surface area contributed by atoms with Gasteiger partial charge in [-0.05, 0) is 37.1 Å². The van der Waals surface area contributed by atoms with E-state index >= 15 is 0 Å². The zero-order valence-corrected chi connectivity index (χ0v) is 12.2. The Morgan fingerprint density at radius 1 is 0.950 bits per heavy atom. The fraction of sp³-hybridized carbons (Fsp3) is 0.500. The number of esters is 1. The van der Waals surface area contributed by atoms with Gasteiger partial charge in [0.1, 0.15) is 5.75 Å². The summed E-state index contributed by atoms with van der Waals surface area (Å²) >= 11 is 0. The number of carbonyl (C=O) groups is 2. The Morgan fingerprint density at radius 3 is 2.20 bits per heavy atom. The second-order valence-corrected chi connectivity index (χ2v) is 4.52. The van der Waals surface area contributed by atoms with Crippen LogP contribution < -0.4 is 4.74 Å². The van der Waals surface area contributed by atoms with Gasteiger partial charge in [0.15, 0.2) is 5.78 Å². The van der Waals surface area contributed by atoms with E-state index < -0.39 is 0 Å². The summed E-state index contributed by atoms with van der Waals surface area (Å²) in [4.78, 5) is 23.2. The molecular formula is C16H22O4. The average Bonchev–Trinajstić information content (AvgIpc) is 2.49. The van der Waals surface area contributed by atoms with E-state index in [1.807, 2.05) is 13.8 Å². The van der Waals surface area contributed by atoms with Crippen LogP contribution in [0.15, 0.2) is 24.3 Å². The molecule has 0 fully saturated rings. The Balaban J connectivity index is 2.41. The molecular weight excluding hydrogens is 256 g/mol. The maximum absolute atomic E-state index is 11.9. The normalized spacial score (nSPS) is 10.1. The molecule has 0 N–H and O–H groups in total. The number of carbonyl (C=O) groups excluding carboxylic acids is 2. The standard InChI is InChI=1S/C16H22O4/c1-3-11-19-14-7-5-13(6-8-14)15(17)9-10-16(18)20-12-4-2/h5-8H,3-4,9-12H2,1-2H3. The molecule has 0 heterocycles. The second-order valence-electron chi connectivity index (χ2n) is 4.52. The zero-order chi connectivity index (χ0) is 14.8. The van der Waals surface area contributed by atoms with Gasteiger partial charge in [-0.1, -0.05) is 13.8 Å². The summed E-state index contributed by atoms with van der Waals surface area (Å²) in [6.45, 7) is 5.04. The molecule has 0 amide bonds. The van der Waals surface area contributed by atoms with E-state index in [2.05, 4.69) is 0 Å². The van der Waals surface area contributed by atoms with Crippen molar-refractivity contribution in [1.29, 1.82) is 0 Å². The third kappa shape index (κ3) is 5.87. The predicted molar refractivity (Wildman–Crippen MR) is 77.0 cm³/mol. The van der Waals surface area contributed by atoms with Crippen LogP contribution in [0.3, 0.4) is 0 Å². The van der Waals surface area contributed by atoms with Crippen molar-refractivity contribution in [3.05, 3.63) is 29.8 Å². The first-order valence-electron chi connectivity index (χ1n) is 7.09. The summed E-state index contributed by atoms with van der Waals surface area (Å²) < 4.78 is 10.4. The lowest BCUT2D eigenvalue weighted by atomic mass is 10.1. The van der Waals surface area contributed by atoms with Crippen LogP contribution in [0.5, 0.6) is 5.75 Å². The lowest BCUT2D eigenvalue weighted by Gasteiger charge is -2.06. The minimum Gasteiger partial charge on any atom is -0.494 e. The van der Waals surface area contributed by atoms with E-state index in [-0.39, 0.29) is 24.6 Å². The molecule has 0 unspecified atom stereocenters. The Bertz CT molecular complexity index is 423. The predicted octanol–water partition coefficient (Wildman–Crippen LogP) is 3.39. The summed E-state index contributed by atoms with van der Waals surface area (Å²) in [7, 11) is 0. The number of ketones is 1. The van der Waals surface area contributed by atoms with Crippen LogP contribution >= 0.6 is 0 Å². The van der Waals surface area contributed by atoms with E-state index in [0.29, 0.717) is 18.8 Å². The van der Waals surface area contributed by atoms with Crippen LogP contribution in [0.2, 0.25) is 0 Å². The lowest BCUT2D eigenvalue weighted by Crippen LogP contribution is -2.08. The highest BCUT2D eigenvalue weighted by Crippen LogP contribution is 2.14. The minimum absolute atomic E-state index is 0.0551. The smallest absolute Gasteiger partial charge is 0.306 e. The Morgan fingerprint density at radius 2 is 1.60 bits per heavy atom.